The van der Waals surface area contributed by atoms with Crippen molar-refractivity contribution < 1.29 is 0 Å². The Morgan fingerprint density at radius 1 is 0.778 bits per heavy atom. The summed E-state index contributed by atoms with van der Waals surface area (Å²) in [5.41, 5.74) is 0. The minimum atomic E-state index is 1.03. The Kier molecular flexibility index (Phi) is 10.7. The standard InChI is InChI=1S/C17H35N/c1-2-3-4-5-6-7-8-9-10-12-17-13-11-15-18-16-14-17/h17-18H,2-16H2,1H3. The van der Waals surface area contributed by atoms with Crippen LogP contribution in [0.3, 0.4) is 0 Å². The predicted molar refractivity (Wildman–Crippen MR) is 82.1 cm³/mol. The highest BCUT2D eigenvalue weighted by Crippen LogP contribution is 2.21. The first-order valence-electron chi connectivity index (χ1n) is 8.64. The maximum atomic E-state index is 3.51. The first-order valence-corrected chi connectivity index (χ1v) is 8.64. The molecule has 0 amide bonds. The molecule has 1 nitrogen and oxygen atoms in total. The third-order valence-corrected chi connectivity index (χ3v) is 4.41. The summed E-state index contributed by atoms with van der Waals surface area (Å²) in [4.78, 5) is 0. The van der Waals surface area contributed by atoms with Crippen LogP contribution in [-0.2, 0) is 0 Å². The summed E-state index contributed by atoms with van der Waals surface area (Å²) in [7, 11) is 0. The molecule has 18 heavy (non-hydrogen) atoms. The fraction of sp³-hybridized carbons (Fsp3) is 1.00. The van der Waals surface area contributed by atoms with Gasteiger partial charge in [0.1, 0.15) is 0 Å². The van der Waals surface area contributed by atoms with Crippen molar-refractivity contribution in [2.45, 2.75) is 90.4 Å². The number of unbranched alkanes of at least 4 members (excludes halogenated alkanes) is 8. The van der Waals surface area contributed by atoms with Crippen LogP contribution in [0, 0.1) is 5.92 Å². The van der Waals surface area contributed by atoms with Gasteiger partial charge in [-0.2, -0.15) is 0 Å². The van der Waals surface area contributed by atoms with Gasteiger partial charge in [0.25, 0.3) is 0 Å². The number of hydrogen-bond donors (Lipinski definition) is 1. The molecule has 0 saturated carbocycles. The number of hydrogen-bond acceptors (Lipinski definition) is 1. The van der Waals surface area contributed by atoms with E-state index in [1.54, 1.807) is 0 Å². The quantitative estimate of drug-likeness (QED) is 0.521. The fourth-order valence-corrected chi connectivity index (χ4v) is 3.12. The summed E-state index contributed by atoms with van der Waals surface area (Å²) >= 11 is 0. The van der Waals surface area contributed by atoms with Crippen LogP contribution >= 0.6 is 0 Å². The van der Waals surface area contributed by atoms with Gasteiger partial charge in [-0.3, -0.25) is 0 Å². The molecule has 1 aliphatic rings. The smallest absolute Gasteiger partial charge is 0.00463 e. The lowest BCUT2D eigenvalue weighted by molar-refractivity contribution is 0.412. The maximum absolute atomic E-state index is 3.51. The summed E-state index contributed by atoms with van der Waals surface area (Å²) in [5, 5.41) is 3.51. The van der Waals surface area contributed by atoms with Gasteiger partial charge in [-0.1, -0.05) is 71.1 Å². The molecule has 0 aromatic heterocycles. The lowest BCUT2D eigenvalue weighted by Crippen LogP contribution is -2.14. The molecule has 0 aromatic rings. The predicted octanol–water partition coefficient (Wildman–Crippen LogP) is 5.30. The highest BCUT2D eigenvalue weighted by atomic mass is 14.8. The van der Waals surface area contributed by atoms with Gasteiger partial charge in [0.05, 0.1) is 0 Å². The largest absolute Gasteiger partial charge is 0.317 e. The Labute approximate surface area is 115 Å². The molecule has 1 aliphatic heterocycles. The van der Waals surface area contributed by atoms with Crippen molar-refractivity contribution in [3.8, 4) is 0 Å². The molecule has 108 valence electrons. The first-order chi connectivity index (χ1) is 8.93. The van der Waals surface area contributed by atoms with Gasteiger partial charge >= 0.3 is 0 Å². The van der Waals surface area contributed by atoms with Crippen LogP contribution in [0.5, 0.6) is 0 Å². The Morgan fingerprint density at radius 3 is 2.17 bits per heavy atom. The Hall–Kier alpha value is -0.0400. The van der Waals surface area contributed by atoms with Crippen molar-refractivity contribution in [1.29, 1.82) is 0 Å². The van der Waals surface area contributed by atoms with Gasteiger partial charge in [-0.05, 0) is 38.3 Å². The molecule has 0 aromatic carbocycles. The summed E-state index contributed by atoms with van der Waals surface area (Å²) in [6.45, 7) is 4.82. The molecule has 1 fully saturated rings. The average molecular weight is 253 g/mol. The van der Waals surface area contributed by atoms with Crippen LogP contribution in [0.15, 0.2) is 0 Å². The van der Waals surface area contributed by atoms with Crippen molar-refractivity contribution in [1.82, 2.24) is 5.32 Å². The second kappa shape index (κ2) is 12.0. The van der Waals surface area contributed by atoms with Crippen LogP contribution in [-0.4, -0.2) is 13.1 Å². The van der Waals surface area contributed by atoms with Crippen molar-refractivity contribution in [2.75, 3.05) is 13.1 Å². The lowest BCUT2D eigenvalue weighted by atomic mass is 9.94. The Bertz CT molecular complexity index is 159. The van der Waals surface area contributed by atoms with Crippen LogP contribution in [0.25, 0.3) is 0 Å². The SMILES string of the molecule is CCCCCCCCCCCC1CCCNCC1. The van der Waals surface area contributed by atoms with Crippen molar-refractivity contribution >= 4 is 0 Å². The molecule has 1 heterocycles. The third kappa shape index (κ3) is 8.97. The van der Waals surface area contributed by atoms with E-state index in [9.17, 15) is 0 Å². The molecule has 0 spiro atoms. The van der Waals surface area contributed by atoms with Crippen LogP contribution < -0.4 is 5.32 Å². The second-order valence-corrected chi connectivity index (χ2v) is 6.16. The van der Waals surface area contributed by atoms with Gasteiger partial charge in [-0.25, -0.2) is 0 Å². The lowest BCUT2D eigenvalue weighted by Gasteiger charge is -2.12. The summed E-state index contributed by atoms with van der Waals surface area (Å²) in [5.74, 6) is 1.03. The fourth-order valence-electron chi connectivity index (χ4n) is 3.12. The van der Waals surface area contributed by atoms with E-state index >= 15 is 0 Å². The van der Waals surface area contributed by atoms with E-state index < -0.39 is 0 Å². The van der Waals surface area contributed by atoms with E-state index in [2.05, 4.69) is 12.2 Å². The molecule has 1 unspecified atom stereocenters. The zero-order chi connectivity index (χ0) is 12.9. The zero-order valence-corrected chi connectivity index (χ0v) is 12.7. The molecular formula is C17H35N. The molecule has 1 heteroatoms. The highest BCUT2D eigenvalue weighted by molar-refractivity contribution is 4.66. The normalized spacial score (nSPS) is 20.8. The molecule has 0 bridgehead atoms. The van der Waals surface area contributed by atoms with Gasteiger partial charge in [0.15, 0.2) is 0 Å². The minimum absolute atomic E-state index is 1.03. The van der Waals surface area contributed by atoms with E-state index in [0.717, 1.165) is 5.92 Å². The Morgan fingerprint density at radius 2 is 1.44 bits per heavy atom. The molecule has 0 aliphatic carbocycles. The van der Waals surface area contributed by atoms with E-state index in [1.807, 2.05) is 0 Å². The minimum Gasteiger partial charge on any atom is -0.317 e. The van der Waals surface area contributed by atoms with Crippen LogP contribution in [0.1, 0.15) is 90.4 Å². The summed E-state index contributed by atoms with van der Waals surface area (Å²) in [6, 6.07) is 0. The first kappa shape index (κ1) is 16.0. The molecule has 1 rings (SSSR count). The van der Waals surface area contributed by atoms with Crippen molar-refractivity contribution in [3.63, 3.8) is 0 Å². The van der Waals surface area contributed by atoms with E-state index in [0.29, 0.717) is 0 Å². The second-order valence-electron chi connectivity index (χ2n) is 6.16. The molecule has 1 N–H and O–H groups in total. The Balaban J connectivity index is 1.80. The van der Waals surface area contributed by atoms with E-state index in [-0.39, 0.29) is 0 Å². The van der Waals surface area contributed by atoms with Gasteiger partial charge in [0, 0.05) is 0 Å². The van der Waals surface area contributed by atoms with Gasteiger partial charge in [0.2, 0.25) is 0 Å². The molecular weight excluding hydrogens is 218 g/mol. The van der Waals surface area contributed by atoms with Crippen LogP contribution in [0.4, 0.5) is 0 Å². The number of nitrogens with one attached hydrogen (secondary N) is 1. The topological polar surface area (TPSA) is 12.0 Å². The van der Waals surface area contributed by atoms with E-state index in [1.165, 1.54) is 96.6 Å². The molecule has 1 saturated heterocycles. The summed E-state index contributed by atoms with van der Waals surface area (Å²) in [6.07, 6.45) is 19.0. The molecule has 1 atom stereocenters. The van der Waals surface area contributed by atoms with Gasteiger partial charge < -0.3 is 5.32 Å². The van der Waals surface area contributed by atoms with Crippen molar-refractivity contribution in [3.05, 3.63) is 0 Å². The third-order valence-electron chi connectivity index (χ3n) is 4.41. The highest BCUT2D eigenvalue weighted by Gasteiger charge is 2.10. The average Bonchev–Trinajstić information content (AvgIpc) is 2.65. The van der Waals surface area contributed by atoms with Gasteiger partial charge in [-0.15, -0.1) is 0 Å². The van der Waals surface area contributed by atoms with Crippen molar-refractivity contribution in [2.24, 2.45) is 5.92 Å². The summed E-state index contributed by atoms with van der Waals surface area (Å²) < 4.78 is 0. The maximum Gasteiger partial charge on any atom is -0.00463 e. The number of rotatable bonds is 10. The molecule has 0 radical (unpaired) electrons. The van der Waals surface area contributed by atoms with E-state index in [4.69, 9.17) is 0 Å². The monoisotopic (exact) mass is 253 g/mol. The zero-order valence-electron chi connectivity index (χ0n) is 12.7. The van der Waals surface area contributed by atoms with Crippen LogP contribution in [0.2, 0.25) is 0 Å².